The highest BCUT2D eigenvalue weighted by atomic mass is 16.3. The molecule has 7 nitrogen and oxygen atoms in total. The number of hydrogen-bond acceptors (Lipinski definition) is 6. The molecule has 1 atom stereocenters. The van der Waals surface area contributed by atoms with Crippen LogP contribution in [-0.2, 0) is 4.79 Å². The number of aliphatic hydroxyl groups excluding tert-OH is 1. The van der Waals surface area contributed by atoms with Crippen LogP contribution >= 0.6 is 0 Å². The predicted octanol–water partition coefficient (Wildman–Crippen LogP) is 2.13. The Bertz CT molecular complexity index is 855. The van der Waals surface area contributed by atoms with E-state index in [0.717, 1.165) is 0 Å². The summed E-state index contributed by atoms with van der Waals surface area (Å²) in [4.78, 5) is 28.8. The number of nitrogens with zero attached hydrogens (tertiary/aromatic N) is 2. The van der Waals surface area contributed by atoms with Crippen molar-refractivity contribution >= 4 is 11.7 Å². The molecule has 1 unspecified atom stereocenters. The minimum absolute atomic E-state index is 0.0127. The fourth-order valence-corrected chi connectivity index (χ4v) is 3.01. The summed E-state index contributed by atoms with van der Waals surface area (Å²) in [5, 5.41) is 20.2. The molecule has 1 aromatic heterocycles. The number of likely N-dealkylation sites (N-methyl/N-ethyl adjacent to an activating group) is 1. The van der Waals surface area contributed by atoms with Gasteiger partial charge in [0.2, 0.25) is 5.78 Å². The molecule has 0 radical (unpaired) electrons. The number of benzene rings is 1. The van der Waals surface area contributed by atoms with Crippen LogP contribution in [0.1, 0.15) is 22.2 Å². The zero-order valence-corrected chi connectivity index (χ0v) is 14.5. The van der Waals surface area contributed by atoms with Gasteiger partial charge >= 0.3 is 0 Å². The first kappa shape index (κ1) is 17.8. The molecule has 0 aliphatic carbocycles. The highest BCUT2D eigenvalue weighted by Gasteiger charge is 2.44. The van der Waals surface area contributed by atoms with E-state index in [1.807, 2.05) is 19.0 Å². The summed E-state index contributed by atoms with van der Waals surface area (Å²) in [6, 6.07) is 8.56. The Morgan fingerprint density at radius 3 is 2.62 bits per heavy atom. The van der Waals surface area contributed by atoms with Crippen molar-refractivity contribution in [1.29, 1.82) is 0 Å². The van der Waals surface area contributed by atoms with Crippen LogP contribution in [-0.4, -0.2) is 58.9 Å². The summed E-state index contributed by atoms with van der Waals surface area (Å²) in [5.74, 6) is -1.70. The lowest BCUT2D eigenvalue weighted by molar-refractivity contribution is -0.129. The van der Waals surface area contributed by atoms with Crippen LogP contribution in [0.4, 0.5) is 0 Å². The third-order valence-corrected chi connectivity index (χ3v) is 4.27. The Kier molecular flexibility index (Phi) is 4.81. The minimum atomic E-state index is -0.799. The third kappa shape index (κ3) is 3.21. The van der Waals surface area contributed by atoms with Crippen molar-refractivity contribution in [2.75, 3.05) is 27.2 Å². The van der Waals surface area contributed by atoms with Gasteiger partial charge in [0.25, 0.3) is 5.91 Å². The van der Waals surface area contributed by atoms with Crippen molar-refractivity contribution in [1.82, 2.24) is 9.80 Å². The first-order chi connectivity index (χ1) is 12.4. The molecule has 1 aliphatic rings. The Morgan fingerprint density at radius 1 is 1.23 bits per heavy atom. The van der Waals surface area contributed by atoms with Crippen LogP contribution in [0.25, 0.3) is 0 Å². The summed E-state index contributed by atoms with van der Waals surface area (Å²) in [6.07, 6.45) is 1.36. The number of furan rings is 1. The van der Waals surface area contributed by atoms with Crippen molar-refractivity contribution in [2.45, 2.75) is 6.04 Å². The first-order valence-corrected chi connectivity index (χ1v) is 8.16. The topological polar surface area (TPSA) is 94.2 Å². The number of rotatable bonds is 6. The number of ketones is 1. The maximum Gasteiger partial charge on any atom is 0.290 e. The quantitative estimate of drug-likeness (QED) is 0.770. The van der Waals surface area contributed by atoms with Gasteiger partial charge in [0, 0.05) is 13.1 Å². The van der Waals surface area contributed by atoms with E-state index < -0.39 is 23.5 Å². The monoisotopic (exact) mass is 356 g/mol. The molecule has 0 spiro atoms. The van der Waals surface area contributed by atoms with E-state index in [0.29, 0.717) is 18.7 Å². The van der Waals surface area contributed by atoms with Crippen LogP contribution < -0.4 is 0 Å². The van der Waals surface area contributed by atoms with Crippen LogP contribution in [0, 0.1) is 0 Å². The van der Waals surface area contributed by atoms with Gasteiger partial charge in [0.1, 0.15) is 5.75 Å². The van der Waals surface area contributed by atoms with E-state index in [4.69, 9.17) is 4.42 Å². The van der Waals surface area contributed by atoms with Crippen molar-refractivity contribution in [3.8, 4) is 5.75 Å². The number of hydrogen-bond donors (Lipinski definition) is 2. The summed E-state index contributed by atoms with van der Waals surface area (Å²) in [7, 11) is 3.73. The number of aliphatic hydroxyl groups is 1. The fraction of sp³-hybridized carbons (Fsp3) is 0.263. The van der Waals surface area contributed by atoms with Gasteiger partial charge in [-0.2, -0.15) is 0 Å². The number of phenols is 1. The summed E-state index contributed by atoms with van der Waals surface area (Å²) in [5.41, 5.74) is 0.491. The molecule has 0 saturated heterocycles. The lowest BCUT2D eigenvalue weighted by atomic mass is 9.95. The zero-order chi connectivity index (χ0) is 18.8. The normalized spacial score (nSPS) is 17.4. The molecular formula is C19H20N2O5. The van der Waals surface area contributed by atoms with Gasteiger partial charge in [0.15, 0.2) is 11.5 Å². The smallest absolute Gasteiger partial charge is 0.290 e. The molecule has 0 saturated carbocycles. The van der Waals surface area contributed by atoms with Gasteiger partial charge in [-0.15, -0.1) is 0 Å². The first-order valence-electron chi connectivity index (χ1n) is 8.16. The maximum absolute atomic E-state index is 12.9. The van der Waals surface area contributed by atoms with Gasteiger partial charge in [-0.1, -0.05) is 12.1 Å². The summed E-state index contributed by atoms with van der Waals surface area (Å²) in [6.45, 7) is 0.863. The Hall–Kier alpha value is -3.06. The molecule has 136 valence electrons. The molecule has 2 heterocycles. The number of aromatic hydroxyl groups is 1. The fourth-order valence-electron chi connectivity index (χ4n) is 3.01. The number of carbonyl (C=O) groups excluding carboxylic acids is 2. The highest BCUT2D eigenvalue weighted by Crippen LogP contribution is 2.39. The molecule has 2 N–H and O–H groups in total. The van der Waals surface area contributed by atoms with Crippen LogP contribution in [0.15, 0.2) is 58.4 Å². The second-order valence-corrected chi connectivity index (χ2v) is 6.37. The highest BCUT2D eigenvalue weighted by molar-refractivity contribution is 6.15. The lowest BCUT2D eigenvalue weighted by Gasteiger charge is -2.27. The van der Waals surface area contributed by atoms with E-state index in [9.17, 15) is 19.8 Å². The molecule has 7 heteroatoms. The maximum atomic E-state index is 12.9. The molecule has 1 amide bonds. The molecule has 1 aliphatic heterocycles. The lowest BCUT2D eigenvalue weighted by Crippen LogP contribution is -2.36. The van der Waals surface area contributed by atoms with E-state index in [2.05, 4.69) is 0 Å². The number of carbonyl (C=O) groups is 2. The molecular weight excluding hydrogens is 336 g/mol. The zero-order valence-electron chi connectivity index (χ0n) is 14.5. The third-order valence-electron chi connectivity index (χ3n) is 4.27. The predicted molar refractivity (Wildman–Crippen MR) is 93.8 cm³/mol. The van der Waals surface area contributed by atoms with E-state index in [1.165, 1.54) is 29.4 Å². The van der Waals surface area contributed by atoms with Gasteiger partial charge in [-0.05, 0) is 43.9 Å². The van der Waals surface area contributed by atoms with Gasteiger partial charge in [-0.25, -0.2) is 0 Å². The van der Waals surface area contributed by atoms with Crippen molar-refractivity contribution in [3.63, 3.8) is 0 Å². The second kappa shape index (κ2) is 7.05. The van der Waals surface area contributed by atoms with Crippen molar-refractivity contribution in [2.24, 2.45) is 0 Å². The number of Topliss-reactive ketones (excluding diaryl/α,β-unsaturated/α-hetero) is 1. The van der Waals surface area contributed by atoms with Crippen molar-refractivity contribution < 1.29 is 24.2 Å². The van der Waals surface area contributed by atoms with E-state index in [-0.39, 0.29) is 17.1 Å². The second-order valence-electron chi connectivity index (χ2n) is 6.37. The summed E-state index contributed by atoms with van der Waals surface area (Å²) < 4.78 is 5.15. The number of amides is 1. The molecule has 26 heavy (non-hydrogen) atoms. The van der Waals surface area contributed by atoms with E-state index >= 15 is 0 Å². The van der Waals surface area contributed by atoms with E-state index in [1.54, 1.807) is 18.2 Å². The van der Waals surface area contributed by atoms with Gasteiger partial charge in [-0.3, -0.25) is 9.59 Å². The molecule has 3 rings (SSSR count). The molecule has 2 aromatic rings. The van der Waals surface area contributed by atoms with Crippen molar-refractivity contribution in [3.05, 3.63) is 65.3 Å². The average molecular weight is 356 g/mol. The Labute approximate surface area is 150 Å². The summed E-state index contributed by atoms with van der Waals surface area (Å²) >= 11 is 0. The van der Waals surface area contributed by atoms with Gasteiger partial charge in [0.05, 0.1) is 17.9 Å². The average Bonchev–Trinajstić information content (AvgIpc) is 3.21. The van der Waals surface area contributed by atoms with Crippen LogP contribution in [0.2, 0.25) is 0 Å². The minimum Gasteiger partial charge on any atom is -0.508 e. The van der Waals surface area contributed by atoms with Crippen LogP contribution in [0.5, 0.6) is 5.75 Å². The Balaban J connectivity index is 2.06. The Morgan fingerprint density at radius 2 is 2.00 bits per heavy atom. The molecule has 1 aromatic carbocycles. The largest absolute Gasteiger partial charge is 0.508 e. The molecule has 0 fully saturated rings. The van der Waals surface area contributed by atoms with Crippen LogP contribution in [0.3, 0.4) is 0 Å². The standard InChI is InChI=1S/C19H20N2O5/c1-20(2)8-9-21-16(12-5-3-6-13(22)11-12)15(18(24)19(21)25)17(23)14-7-4-10-26-14/h3-7,10-11,16,22,24H,8-9H2,1-2H3. The van der Waals surface area contributed by atoms with Gasteiger partial charge < -0.3 is 24.4 Å². The SMILES string of the molecule is CN(C)CCN1C(=O)C(O)=C(C(=O)c2ccco2)C1c1cccc(O)c1. The molecule has 0 bridgehead atoms. The number of phenolic OH excluding ortho intramolecular Hbond substituents is 1.